The van der Waals surface area contributed by atoms with E-state index >= 15 is 0 Å². The van der Waals surface area contributed by atoms with Gasteiger partial charge in [0.2, 0.25) is 22.6 Å². The number of fused-ring (bicyclic) bond motifs is 1. The van der Waals surface area contributed by atoms with E-state index < -0.39 is 51.5 Å². The fourth-order valence-corrected chi connectivity index (χ4v) is 6.62. The van der Waals surface area contributed by atoms with Gasteiger partial charge in [-0.05, 0) is 36.5 Å². The summed E-state index contributed by atoms with van der Waals surface area (Å²) in [5.41, 5.74) is 0.345. The van der Waals surface area contributed by atoms with E-state index in [0.717, 1.165) is 16.3 Å². The van der Waals surface area contributed by atoms with Gasteiger partial charge in [-0.25, -0.2) is 13.2 Å². The van der Waals surface area contributed by atoms with Crippen molar-refractivity contribution in [3.63, 3.8) is 0 Å². The molecule has 2 heterocycles. The van der Waals surface area contributed by atoms with Crippen molar-refractivity contribution < 1.29 is 37.0 Å². The molecular formula is C29H37N3O8S. The van der Waals surface area contributed by atoms with Gasteiger partial charge >= 0.3 is 6.09 Å². The highest BCUT2D eigenvalue weighted by Gasteiger charge is 2.47. The monoisotopic (exact) mass is 587 g/mol. The number of rotatable bonds is 11. The Morgan fingerprint density at radius 2 is 1.78 bits per heavy atom. The summed E-state index contributed by atoms with van der Waals surface area (Å²) in [5, 5.41) is 5.20. The van der Waals surface area contributed by atoms with Crippen molar-refractivity contribution in [3.05, 3.63) is 54.1 Å². The second kappa shape index (κ2) is 12.5. The number of alkyl carbamates (subject to hydrolysis) is 1. The lowest BCUT2D eigenvalue weighted by atomic mass is 9.93. The Kier molecular flexibility index (Phi) is 9.23. The summed E-state index contributed by atoms with van der Waals surface area (Å²) in [6.07, 6.45) is -0.300. The van der Waals surface area contributed by atoms with Crippen molar-refractivity contribution in [1.82, 2.24) is 14.9 Å². The fourth-order valence-electron chi connectivity index (χ4n) is 4.90. The van der Waals surface area contributed by atoms with Crippen LogP contribution in [0.1, 0.15) is 65.0 Å². The highest BCUT2D eigenvalue weighted by atomic mass is 32.2. The van der Waals surface area contributed by atoms with E-state index in [1.807, 2.05) is 51.1 Å². The Labute approximate surface area is 240 Å². The predicted octanol–water partition coefficient (Wildman–Crippen LogP) is 3.89. The number of unbranched alkanes of at least 4 members (excludes halogenated alkanes) is 1. The number of carbonyl (C=O) groups is 3. The molecule has 11 nitrogen and oxygen atoms in total. The number of ether oxygens (including phenoxy) is 3. The molecule has 1 saturated heterocycles. The number of amides is 2. The van der Waals surface area contributed by atoms with Crippen LogP contribution in [0.15, 0.2) is 53.4 Å². The van der Waals surface area contributed by atoms with E-state index in [-0.39, 0.29) is 31.1 Å². The standard InChI is InChI=1S/C29H37N3O8S/c1-5-6-12-22(26(33)27(34)30-19(2)20-10-8-7-9-11-20)31-28(35)40-25-16-29(3,4)17-32(25)41(36,37)21-13-14-23-24(15-21)39-18-38-23/h7-11,13-15,19,22,25H,5-6,12,16-18H2,1-4H3,(H,30,34)(H,31,35)/t19?,22-,25?/m0/s1. The van der Waals surface area contributed by atoms with Gasteiger partial charge in [-0.3, -0.25) is 9.59 Å². The number of Topliss-reactive ketones (excluding diaryl/α,β-unsaturated/α-hetero) is 1. The first kappa shape index (κ1) is 30.3. The number of nitrogens with zero attached hydrogens (tertiary/aromatic N) is 1. The molecule has 0 saturated carbocycles. The lowest BCUT2D eigenvalue weighted by molar-refractivity contribution is -0.139. The van der Waals surface area contributed by atoms with Crippen LogP contribution in [0.3, 0.4) is 0 Å². The van der Waals surface area contributed by atoms with Crippen molar-refractivity contribution in [2.24, 2.45) is 5.41 Å². The fraction of sp³-hybridized carbons (Fsp3) is 0.483. The van der Waals surface area contributed by atoms with Gasteiger partial charge in [0.15, 0.2) is 17.7 Å². The van der Waals surface area contributed by atoms with Crippen LogP contribution < -0.4 is 20.1 Å². The Morgan fingerprint density at radius 1 is 1.07 bits per heavy atom. The molecule has 0 aromatic heterocycles. The maximum atomic E-state index is 13.6. The summed E-state index contributed by atoms with van der Waals surface area (Å²) in [6.45, 7) is 7.56. The van der Waals surface area contributed by atoms with Crippen molar-refractivity contribution in [3.8, 4) is 11.5 Å². The van der Waals surface area contributed by atoms with Crippen molar-refractivity contribution in [2.75, 3.05) is 13.3 Å². The molecule has 0 radical (unpaired) electrons. The summed E-state index contributed by atoms with van der Waals surface area (Å²) in [5.74, 6) is -0.855. The number of ketones is 1. The van der Waals surface area contributed by atoms with Gasteiger partial charge < -0.3 is 24.8 Å². The summed E-state index contributed by atoms with van der Waals surface area (Å²) in [7, 11) is -4.08. The van der Waals surface area contributed by atoms with Gasteiger partial charge in [0.05, 0.1) is 10.9 Å². The normalized spacial score (nSPS) is 19.3. The van der Waals surface area contributed by atoms with Crippen molar-refractivity contribution >= 4 is 27.8 Å². The SMILES string of the molecule is CCCC[C@H](NC(=O)OC1CC(C)(C)CN1S(=O)(=O)c1ccc2c(c1)OCO2)C(=O)C(=O)NC(C)c1ccccc1. The molecule has 222 valence electrons. The molecule has 12 heteroatoms. The lowest BCUT2D eigenvalue weighted by Crippen LogP contribution is -2.49. The second-order valence-electron chi connectivity index (χ2n) is 11.1. The Balaban J connectivity index is 1.45. The molecule has 1 fully saturated rings. The minimum atomic E-state index is -4.08. The quantitative estimate of drug-likeness (QED) is 0.378. The molecule has 2 unspecified atom stereocenters. The van der Waals surface area contributed by atoms with E-state index in [1.54, 1.807) is 6.92 Å². The number of carbonyl (C=O) groups excluding carboxylic acids is 3. The van der Waals surface area contributed by atoms with Crippen LogP contribution >= 0.6 is 0 Å². The number of sulfonamides is 1. The molecule has 4 rings (SSSR count). The molecule has 2 amide bonds. The second-order valence-corrected chi connectivity index (χ2v) is 13.0. The van der Waals surface area contributed by atoms with Gasteiger partial charge in [0.1, 0.15) is 6.04 Å². The highest BCUT2D eigenvalue weighted by molar-refractivity contribution is 7.89. The van der Waals surface area contributed by atoms with Crippen LogP contribution in [0.2, 0.25) is 0 Å². The first-order valence-corrected chi connectivity index (χ1v) is 15.1. The minimum Gasteiger partial charge on any atom is -0.454 e. The van der Waals surface area contributed by atoms with E-state index in [2.05, 4.69) is 10.6 Å². The van der Waals surface area contributed by atoms with Crippen molar-refractivity contribution in [1.29, 1.82) is 0 Å². The molecule has 0 bridgehead atoms. The van der Waals surface area contributed by atoms with Gasteiger partial charge in [0, 0.05) is 19.0 Å². The molecule has 2 aromatic carbocycles. The molecule has 3 atom stereocenters. The summed E-state index contributed by atoms with van der Waals surface area (Å²) >= 11 is 0. The van der Waals surface area contributed by atoms with Crippen LogP contribution in [0.5, 0.6) is 11.5 Å². The van der Waals surface area contributed by atoms with Crippen LogP contribution in [-0.2, 0) is 24.3 Å². The molecule has 2 aliphatic rings. The largest absolute Gasteiger partial charge is 0.454 e. The van der Waals surface area contributed by atoms with Crippen LogP contribution in [-0.4, -0.2) is 56.1 Å². The highest BCUT2D eigenvalue weighted by Crippen LogP contribution is 2.40. The Morgan fingerprint density at radius 3 is 2.49 bits per heavy atom. The number of benzene rings is 2. The number of hydrogen-bond donors (Lipinski definition) is 2. The number of nitrogens with one attached hydrogen (secondary N) is 2. The average molecular weight is 588 g/mol. The molecular weight excluding hydrogens is 550 g/mol. The predicted molar refractivity (Wildman–Crippen MR) is 150 cm³/mol. The molecule has 2 N–H and O–H groups in total. The maximum absolute atomic E-state index is 13.6. The summed E-state index contributed by atoms with van der Waals surface area (Å²) < 4.78 is 44.6. The molecule has 41 heavy (non-hydrogen) atoms. The van der Waals surface area contributed by atoms with E-state index in [4.69, 9.17) is 14.2 Å². The zero-order valence-corrected chi connectivity index (χ0v) is 24.5. The first-order chi connectivity index (χ1) is 19.4. The zero-order chi connectivity index (χ0) is 29.8. The Hall–Kier alpha value is -3.64. The molecule has 2 aliphatic heterocycles. The van der Waals surface area contributed by atoms with Gasteiger partial charge in [0.25, 0.3) is 5.91 Å². The minimum absolute atomic E-state index is 0.00258. The van der Waals surface area contributed by atoms with E-state index in [0.29, 0.717) is 17.9 Å². The third-order valence-electron chi connectivity index (χ3n) is 7.15. The third kappa shape index (κ3) is 7.17. The summed E-state index contributed by atoms with van der Waals surface area (Å²) in [4.78, 5) is 38.9. The average Bonchev–Trinajstić information content (AvgIpc) is 3.54. The van der Waals surface area contributed by atoms with Gasteiger partial charge in [-0.2, -0.15) is 4.31 Å². The third-order valence-corrected chi connectivity index (χ3v) is 8.98. The smallest absolute Gasteiger partial charge is 0.409 e. The number of hydrogen-bond acceptors (Lipinski definition) is 8. The van der Waals surface area contributed by atoms with Crippen LogP contribution in [0, 0.1) is 5.41 Å². The van der Waals surface area contributed by atoms with Crippen molar-refractivity contribution in [2.45, 2.75) is 76.6 Å². The van der Waals surface area contributed by atoms with E-state index in [1.165, 1.54) is 18.2 Å². The van der Waals surface area contributed by atoms with Gasteiger partial charge in [-0.15, -0.1) is 0 Å². The zero-order valence-electron chi connectivity index (χ0n) is 23.7. The van der Waals surface area contributed by atoms with E-state index in [9.17, 15) is 22.8 Å². The van der Waals surface area contributed by atoms with Crippen LogP contribution in [0.4, 0.5) is 4.79 Å². The molecule has 0 aliphatic carbocycles. The summed E-state index contributed by atoms with van der Waals surface area (Å²) in [6, 6.07) is 12.0. The Bertz CT molecular complexity index is 1380. The maximum Gasteiger partial charge on any atom is 0.409 e. The first-order valence-electron chi connectivity index (χ1n) is 13.7. The molecule has 0 spiro atoms. The topological polar surface area (TPSA) is 140 Å². The molecule has 2 aromatic rings. The van der Waals surface area contributed by atoms with Crippen LogP contribution in [0.25, 0.3) is 0 Å². The van der Waals surface area contributed by atoms with Gasteiger partial charge in [-0.1, -0.05) is 63.9 Å². The lowest BCUT2D eigenvalue weighted by Gasteiger charge is -2.25.